The summed E-state index contributed by atoms with van der Waals surface area (Å²) in [5.74, 6) is 0.944. The predicted molar refractivity (Wildman–Crippen MR) is 116 cm³/mol. The van der Waals surface area contributed by atoms with Crippen LogP contribution in [0.15, 0.2) is 51.4 Å². The van der Waals surface area contributed by atoms with E-state index in [2.05, 4.69) is 45.4 Å². The highest BCUT2D eigenvalue weighted by Gasteiger charge is 2.11. The Bertz CT molecular complexity index is 984. The van der Waals surface area contributed by atoms with Crippen molar-refractivity contribution in [1.82, 2.24) is 10.3 Å². The number of oxazole rings is 1. The summed E-state index contributed by atoms with van der Waals surface area (Å²) in [6, 6.07) is 13.3. The molecule has 3 aromatic rings. The summed E-state index contributed by atoms with van der Waals surface area (Å²) >= 11 is 8.67. The molecule has 5 nitrogen and oxygen atoms in total. The molecule has 0 saturated heterocycles. The highest BCUT2D eigenvalue weighted by Crippen LogP contribution is 2.27. The number of carbonyl (C=O) groups excluding carboxylic acids is 1. The van der Waals surface area contributed by atoms with Gasteiger partial charge in [0.15, 0.2) is 10.7 Å². The molecule has 2 N–H and O–H groups in total. The standard InChI is InChI=1S/C20H20BrN3O2S/c1-12(2)6-9-18(25)24-20(27)22-15-7-8-17-16(11-15)23-19(26-17)13-4-3-5-14(21)10-13/h3-5,7-8,10-12H,6,9H2,1-2H3,(H2,22,24,25,27). The number of halogens is 1. The first-order valence-electron chi connectivity index (χ1n) is 8.68. The SMILES string of the molecule is CC(C)CCC(=O)NC(=S)Nc1ccc2oc(-c3cccc(Br)c3)nc2c1. The van der Waals surface area contributed by atoms with Crippen molar-refractivity contribution in [3.63, 3.8) is 0 Å². The lowest BCUT2D eigenvalue weighted by molar-refractivity contribution is -0.119. The molecular weight excluding hydrogens is 426 g/mol. The number of anilines is 1. The zero-order chi connectivity index (χ0) is 19.4. The van der Waals surface area contributed by atoms with Crippen molar-refractivity contribution in [2.75, 3.05) is 5.32 Å². The molecule has 1 aromatic heterocycles. The van der Waals surface area contributed by atoms with Crippen LogP contribution in [0.3, 0.4) is 0 Å². The minimum atomic E-state index is -0.0827. The summed E-state index contributed by atoms with van der Waals surface area (Å²) in [6.45, 7) is 4.17. The Balaban J connectivity index is 1.69. The molecule has 0 radical (unpaired) electrons. The lowest BCUT2D eigenvalue weighted by Gasteiger charge is -2.10. The summed E-state index contributed by atoms with van der Waals surface area (Å²) in [5.41, 5.74) is 3.03. The van der Waals surface area contributed by atoms with Crippen molar-refractivity contribution in [3.8, 4) is 11.5 Å². The lowest BCUT2D eigenvalue weighted by atomic mass is 10.1. The molecule has 2 aromatic carbocycles. The molecule has 0 fully saturated rings. The molecule has 0 spiro atoms. The van der Waals surface area contributed by atoms with E-state index < -0.39 is 0 Å². The van der Waals surface area contributed by atoms with Crippen LogP contribution < -0.4 is 10.6 Å². The fourth-order valence-corrected chi connectivity index (χ4v) is 3.15. The number of nitrogens with one attached hydrogen (secondary N) is 2. The smallest absolute Gasteiger partial charge is 0.227 e. The topological polar surface area (TPSA) is 67.2 Å². The van der Waals surface area contributed by atoms with E-state index in [1.165, 1.54) is 0 Å². The van der Waals surface area contributed by atoms with E-state index in [1.807, 2.05) is 42.5 Å². The number of rotatable bonds is 5. The van der Waals surface area contributed by atoms with E-state index in [0.717, 1.165) is 22.1 Å². The molecule has 0 aliphatic heterocycles. The molecule has 0 aliphatic carbocycles. The van der Waals surface area contributed by atoms with Crippen molar-refractivity contribution in [2.45, 2.75) is 26.7 Å². The quantitative estimate of drug-likeness (QED) is 0.506. The number of carbonyl (C=O) groups is 1. The Kier molecular flexibility index (Phi) is 6.23. The Morgan fingerprint density at radius 2 is 2.07 bits per heavy atom. The van der Waals surface area contributed by atoms with E-state index >= 15 is 0 Å². The monoisotopic (exact) mass is 445 g/mol. The van der Waals surface area contributed by atoms with Gasteiger partial charge in [-0.3, -0.25) is 4.79 Å². The Hall–Kier alpha value is -2.25. The maximum atomic E-state index is 11.9. The van der Waals surface area contributed by atoms with Crippen molar-refractivity contribution >= 4 is 56.0 Å². The fourth-order valence-electron chi connectivity index (χ4n) is 2.52. The average Bonchev–Trinajstić information content (AvgIpc) is 3.03. The van der Waals surface area contributed by atoms with Gasteiger partial charge in [0.05, 0.1) is 0 Å². The van der Waals surface area contributed by atoms with Gasteiger partial charge in [-0.25, -0.2) is 4.98 Å². The highest BCUT2D eigenvalue weighted by molar-refractivity contribution is 9.10. The van der Waals surface area contributed by atoms with Gasteiger partial charge in [-0.1, -0.05) is 35.8 Å². The Labute approximate surface area is 171 Å². The lowest BCUT2D eigenvalue weighted by Crippen LogP contribution is -2.34. The number of aromatic nitrogens is 1. The summed E-state index contributed by atoms with van der Waals surface area (Å²) < 4.78 is 6.79. The summed E-state index contributed by atoms with van der Waals surface area (Å²) in [6.07, 6.45) is 1.29. The second-order valence-corrected chi connectivity index (χ2v) is 7.97. The van der Waals surface area contributed by atoms with Crippen LogP contribution in [0.4, 0.5) is 5.69 Å². The maximum Gasteiger partial charge on any atom is 0.227 e. The van der Waals surface area contributed by atoms with Gasteiger partial charge < -0.3 is 15.1 Å². The molecule has 140 valence electrons. The number of thiocarbonyl (C=S) groups is 1. The summed E-state index contributed by atoms with van der Waals surface area (Å²) in [7, 11) is 0. The van der Waals surface area contributed by atoms with Gasteiger partial charge in [0.1, 0.15) is 5.52 Å². The van der Waals surface area contributed by atoms with Gasteiger partial charge in [0.2, 0.25) is 11.8 Å². The van der Waals surface area contributed by atoms with Crippen molar-refractivity contribution in [3.05, 3.63) is 46.9 Å². The van der Waals surface area contributed by atoms with Crippen LogP contribution in [0.1, 0.15) is 26.7 Å². The zero-order valence-corrected chi connectivity index (χ0v) is 17.5. The molecule has 7 heteroatoms. The fraction of sp³-hybridized carbons (Fsp3) is 0.250. The first-order chi connectivity index (χ1) is 12.9. The van der Waals surface area contributed by atoms with Crippen molar-refractivity contribution < 1.29 is 9.21 Å². The minimum Gasteiger partial charge on any atom is -0.436 e. The largest absolute Gasteiger partial charge is 0.436 e. The number of hydrogen-bond donors (Lipinski definition) is 2. The van der Waals surface area contributed by atoms with Crippen molar-refractivity contribution in [2.24, 2.45) is 5.92 Å². The average molecular weight is 446 g/mol. The third-order valence-corrected chi connectivity index (χ3v) is 4.62. The van der Waals surface area contributed by atoms with Crippen LogP contribution in [0, 0.1) is 5.92 Å². The molecule has 1 amide bonds. The third kappa shape index (κ3) is 5.37. The number of benzene rings is 2. The summed E-state index contributed by atoms with van der Waals surface area (Å²) in [4.78, 5) is 16.4. The van der Waals surface area contributed by atoms with Gasteiger partial charge >= 0.3 is 0 Å². The van der Waals surface area contributed by atoms with Gasteiger partial charge in [0.25, 0.3) is 0 Å². The van der Waals surface area contributed by atoms with Crippen LogP contribution >= 0.6 is 28.1 Å². The van der Waals surface area contributed by atoms with Crippen LogP contribution in [-0.2, 0) is 4.79 Å². The molecule has 0 atom stereocenters. The molecular formula is C20H20BrN3O2S. The second kappa shape index (κ2) is 8.63. The van der Waals surface area contributed by atoms with E-state index in [0.29, 0.717) is 29.3 Å². The Morgan fingerprint density at radius 1 is 1.26 bits per heavy atom. The molecule has 3 rings (SSSR count). The first-order valence-corrected chi connectivity index (χ1v) is 9.88. The molecule has 1 heterocycles. The maximum absolute atomic E-state index is 11.9. The Morgan fingerprint density at radius 3 is 2.81 bits per heavy atom. The first kappa shape index (κ1) is 19.5. The minimum absolute atomic E-state index is 0.0827. The number of nitrogens with zero attached hydrogens (tertiary/aromatic N) is 1. The van der Waals surface area contributed by atoms with Crippen LogP contribution in [0.5, 0.6) is 0 Å². The molecule has 27 heavy (non-hydrogen) atoms. The van der Waals surface area contributed by atoms with Crippen molar-refractivity contribution in [1.29, 1.82) is 0 Å². The molecule has 0 saturated carbocycles. The highest BCUT2D eigenvalue weighted by atomic mass is 79.9. The molecule has 0 unspecified atom stereocenters. The van der Waals surface area contributed by atoms with E-state index in [1.54, 1.807) is 0 Å². The number of hydrogen-bond acceptors (Lipinski definition) is 4. The van der Waals surface area contributed by atoms with Gasteiger partial charge in [-0.05, 0) is 61.0 Å². The van der Waals surface area contributed by atoms with E-state index in [4.69, 9.17) is 16.6 Å². The van der Waals surface area contributed by atoms with Crippen LogP contribution in [0.2, 0.25) is 0 Å². The van der Waals surface area contributed by atoms with Gasteiger partial charge in [0, 0.05) is 22.1 Å². The molecule has 0 bridgehead atoms. The normalized spacial score (nSPS) is 11.0. The van der Waals surface area contributed by atoms with E-state index in [9.17, 15) is 4.79 Å². The number of fused-ring (bicyclic) bond motifs is 1. The van der Waals surface area contributed by atoms with Crippen LogP contribution in [-0.4, -0.2) is 16.0 Å². The predicted octanol–water partition coefficient (Wildman–Crippen LogP) is 5.51. The number of amides is 1. The molecule has 0 aliphatic rings. The zero-order valence-electron chi connectivity index (χ0n) is 15.1. The second-order valence-electron chi connectivity index (χ2n) is 6.65. The van der Waals surface area contributed by atoms with E-state index in [-0.39, 0.29) is 11.0 Å². The summed E-state index contributed by atoms with van der Waals surface area (Å²) in [5, 5.41) is 6.00. The van der Waals surface area contributed by atoms with Gasteiger partial charge in [-0.15, -0.1) is 0 Å². The third-order valence-electron chi connectivity index (χ3n) is 3.92. The van der Waals surface area contributed by atoms with Gasteiger partial charge in [-0.2, -0.15) is 0 Å². The van der Waals surface area contributed by atoms with Crippen LogP contribution in [0.25, 0.3) is 22.6 Å².